The van der Waals surface area contributed by atoms with E-state index in [4.69, 9.17) is 0 Å². The van der Waals surface area contributed by atoms with Gasteiger partial charge in [-0.05, 0) is 42.5 Å². The van der Waals surface area contributed by atoms with E-state index >= 15 is 0 Å². The third kappa shape index (κ3) is 3.63. The van der Waals surface area contributed by atoms with E-state index in [9.17, 15) is 14.0 Å². The Morgan fingerprint density at radius 2 is 1.49 bits per heavy atom. The molecular formula is C27H22FN5O2. The highest BCUT2D eigenvalue weighted by atomic mass is 19.1. The number of carbonyl (C=O) groups is 1. The first-order chi connectivity index (χ1) is 17.1. The summed E-state index contributed by atoms with van der Waals surface area (Å²) in [5.41, 5.74) is 2.52. The maximum Gasteiger partial charge on any atom is 0.328 e. The van der Waals surface area contributed by atoms with Crippen LogP contribution in [0.4, 0.5) is 14.9 Å². The molecule has 0 aromatic heterocycles. The summed E-state index contributed by atoms with van der Waals surface area (Å²) in [6.45, 7) is 2.47. The lowest BCUT2D eigenvalue weighted by Crippen LogP contribution is -2.50. The number of anilines is 1. The number of hydrogen-bond acceptors (Lipinski definition) is 4. The molecule has 3 aliphatic heterocycles. The van der Waals surface area contributed by atoms with Crippen LogP contribution < -0.4 is 10.5 Å². The largest absolute Gasteiger partial charge is 0.368 e. The molecular weight excluding hydrogens is 445 g/mol. The molecule has 0 atom stereocenters. The summed E-state index contributed by atoms with van der Waals surface area (Å²) < 4.78 is 17.0. The summed E-state index contributed by atoms with van der Waals surface area (Å²) in [6, 6.07) is 23.1. The zero-order valence-electron chi connectivity index (χ0n) is 18.8. The molecule has 174 valence electrons. The van der Waals surface area contributed by atoms with Gasteiger partial charge >= 0.3 is 6.03 Å². The first-order valence-corrected chi connectivity index (χ1v) is 11.5. The van der Waals surface area contributed by atoms with Crippen molar-refractivity contribution < 1.29 is 9.18 Å². The maximum atomic E-state index is 14.3. The van der Waals surface area contributed by atoms with Gasteiger partial charge in [-0.3, -0.25) is 9.36 Å². The molecule has 0 saturated carbocycles. The molecule has 0 bridgehead atoms. The van der Waals surface area contributed by atoms with Crippen molar-refractivity contribution in [1.82, 2.24) is 19.2 Å². The van der Waals surface area contributed by atoms with Gasteiger partial charge in [-0.1, -0.05) is 36.4 Å². The molecule has 0 aliphatic carbocycles. The number of rotatable bonds is 2. The Labute approximate surface area is 200 Å². The average molecular weight is 468 g/mol. The molecule has 3 heterocycles. The zero-order valence-corrected chi connectivity index (χ0v) is 18.8. The molecule has 1 amide bonds. The van der Waals surface area contributed by atoms with Crippen molar-refractivity contribution in [1.29, 1.82) is 0 Å². The quantitative estimate of drug-likeness (QED) is 0.390. The van der Waals surface area contributed by atoms with Crippen LogP contribution in [-0.2, 0) is 0 Å². The van der Waals surface area contributed by atoms with Gasteiger partial charge in [-0.15, -0.1) is 0 Å². The first kappa shape index (κ1) is 21.1. The van der Waals surface area contributed by atoms with Crippen LogP contribution in [-0.4, -0.2) is 51.5 Å². The van der Waals surface area contributed by atoms with Gasteiger partial charge in [0.15, 0.2) is 0 Å². The van der Waals surface area contributed by atoms with Gasteiger partial charge in [0.05, 0.1) is 16.8 Å². The SMILES string of the molecule is O=C(N1CCN(c2ccccc2)CC1)n1cc2c(=O)n(-c3ccccc3)nc-2c2cc(F)ccc21. The van der Waals surface area contributed by atoms with Crippen LogP contribution >= 0.6 is 0 Å². The highest BCUT2D eigenvalue weighted by molar-refractivity contribution is 5.99. The summed E-state index contributed by atoms with van der Waals surface area (Å²) in [5, 5.41) is 4.92. The summed E-state index contributed by atoms with van der Waals surface area (Å²) in [6.07, 6.45) is 1.54. The number of halogens is 1. The Kier molecular flexibility index (Phi) is 5.06. The number of aromatic nitrogens is 3. The van der Waals surface area contributed by atoms with E-state index in [0.29, 0.717) is 48.5 Å². The van der Waals surface area contributed by atoms with Crippen molar-refractivity contribution in [2.45, 2.75) is 0 Å². The number of benzene rings is 3. The van der Waals surface area contributed by atoms with Crippen LogP contribution in [0, 0.1) is 5.82 Å². The molecule has 0 unspecified atom stereocenters. The number of fused-ring (bicyclic) bond motifs is 3. The molecule has 8 heteroatoms. The van der Waals surface area contributed by atoms with Gasteiger partial charge in [0.2, 0.25) is 0 Å². The van der Waals surface area contributed by atoms with Gasteiger partial charge in [-0.2, -0.15) is 9.78 Å². The second-order valence-corrected chi connectivity index (χ2v) is 8.57. The molecule has 1 saturated heterocycles. The Hall–Kier alpha value is -4.46. The molecule has 0 N–H and O–H groups in total. The van der Waals surface area contributed by atoms with Crippen molar-refractivity contribution in [3.05, 3.63) is 101 Å². The van der Waals surface area contributed by atoms with E-state index in [2.05, 4.69) is 22.1 Å². The van der Waals surface area contributed by atoms with E-state index in [1.54, 1.807) is 23.1 Å². The molecule has 3 aliphatic rings. The molecule has 1 fully saturated rings. The van der Waals surface area contributed by atoms with Gasteiger partial charge < -0.3 is 9.80 Å². The number of carbonyl (C=O) groups excluding carboxylic acids is 1. The van der Waals surface area contributed by atoms with E-state index in [0.717, 1.165) is 5.69 Å². The number of pyridine rings is 1. The van der Waals surface area contributed by atoms with Crippen LogP contribution in [0.5, 0.6) is 0 Å². The maximum absolute atomic E-state index is 14.3. The number of piperazine rings is 1. The number of para-hydroxylation sites is 2. The zero-order chi connectivity index (χ0) is 23.9. The lowest BCUT2D eigenvalue weighted by molar-refractivity contribution is 0.197. The summed E-state index contributed by atoms with van der Waals surface area (Å²) >= 11 is 0. The Bertz CT molecular complexity index is 1550. The minimum atomic E-state index is -0.456. The average Bonchev–Trinajstić information content (AvgIpc) is 3.25. The van der Waals surface area contributed by atoms with Gasteiger partial charge in [0, 0.05) is 43.4 Å². The first-order valence-electron chi connectivity index (χ1n) is 11.5. The Balaban J connectivity index is 1.41. The van der Waals surface area contributed by atoms with Gasteiger partial charge in [0.25, 0.3) is 5.56 Å². The summed E-state index contributed by atoms with van der Waals surface area (Å²) in [5.74, 6) is -0.456. The minimum Gasteiger partial charge on any atom is -0.368 e. The third-order valence-electron chi connectivity index (χ3n) is 6.49. The highest BCUT2D eigenvalue weighted by Crippen LogP contribution is 2.29. The Morgan fingerprint density at radius 1 is 0.829 bits per heavy atom. The second kappa shape index (κ2) is 8.39. The fraction of sp³-hybridized carbons (Fsp3) is 0.148. The van der Waals surface area contributed by atoms with Crippen LogP contribution in [0.3, 0.4) is 0 Å². The minimum absolute atomic E-state index is 0.247. The van der Waals surface area contributed by atoms with E-state index in [-0.39, 0.29) is 17.2 Å². The van der Waals surface area contributed by atoms with Crippen molar-refractivity contribution in [3.63, 3.8) is 0 Å². The monoisotopic (exact) mass is 467 g/mol. The Morgan fingerprint density at radius 3 is 2.17 bits per heavy atom. The van der Waals surface area contributed by atoms with Gasteiger partial charge in [0.1, 0.15) is 11.5 Å². The van der Waals surface area contributed by atoms with E-state index < -0.39 is 5.82 Å². The standard InChI is InChI=1S/C27H22FN5O2/c28-19-11-12-24-22(17-19)25-23(26(34)33(29-25)21-9-5-2-6-10-21)18-32(24)27(35)31-15-13-30(14-16-31)20-7-3-1-4-8-20/h1-12,17-18H,13-16H2. The lowest BCUT2D eigenvalue weighted by Gasteiger charge is -2.36. The van der Waals surface area contributed by atoms with Gasteiger partial charge in [-0.25, -0.2) is 9.18 Å². The molecule has 3 aromatic rings. The molecule has 7 nitrogen and oxygen atoms in total. The number of nitrogens with zero attached hydrogens (tertiary/aromatic N) is 5. The number of amides is 1. The summed E-state index contributed by atoms with van der Waals surface area (Å²) in [7, 11) is 0. The molecule has 3 aromatic carbocycles. The van der Waals surface area contributed by atoms with E-state index in [1.165, 1.54) is 27.6 Å². The second-order valence-electron chi connectivity index (χ2n) is 8.57. The third-order valence-corrected chi connectivity index (χ3v) is 6.49. The van der Waals surface area contributed by atoms with Crippen LogP contribution in [0.1, 0.15) is 0 Å². The normalized spacial score (nSPS) is 14.1. The van der Waals surface area contributed by atoms with E-state index in [1.807, 2.05) is 36.4 Å². The van der Waals surface area contributed by atoms with Crippen molar-refractivity contribution in [2.75, 3.05) is 31.1 Å². The lowest BCUT2D eigenvalue weighted by atomic mass is 10.1. The van der Waals surface area contributed by atoms with Crippen LogP contribution in [0.25, 0.3) is 27.8 Å². The predicted octanol–water partition coefficient (Wildman–Crippen LogP) is 4.22. The summed E-state index contributed by atoms with van der Waals surface area (Å²) in [4.78, 5) is 30.9. The molecule has 6 rings (SSSR count). The van der Waals surface area contributed by atoms with Crippen molar-refractivity contribution in [2.24, 2.45) is 0 Å². The number of hydrogen-bond donors (Lipinski definition) is 0. The van der Waals surface area contributed by atoms with Crippen LogP contribution in [0.2, 0.25) is 0 Å². The predicted molar refractivity (Wildman–Crippen MR) is 133 cm³/mol. The molecule has 0 radical (unpaired) electrons. The fourth-order valence-electron chi connectivity index (χ4n) is 4.69. The highest BCUT2D eigenvalue weighted by Gasteiger charge is 2.27. The fourth-order valence-corrected chi connectivity index (χ4v) is 4.69. The topological polar surface area (TPSA) is 63.4 Å². The van der Waals surface area contributed by atoms with Crippen molar-refractivity contribution >= 4 is 22.6 Å². The molecule has 0 spiro atoms. The van der Waals surface area contributed by atoms with Crippen LogP contribution in [0.15, 0.2) is 89.9 Å². The molecule has 35 heavy (non-hydrogen) atoms. The smallest absolute Gasteiger partial charge is 0.328 e. The van der Waals surface area contributed by atoms with Crippen molar-refractivity contribution in [3.8, 4) is 16.9 Å².